The number of ether oxygens (including phenoxy) is 3. The van der Waals surface area contributed by atoms with Crippen LogP contribution in [0.2, 0.25) is 0 Å². The monoisotopic (exact) mass is 458 g/mol. The van der Waals surface area contributed by atoms with Crippen molar-refractivity contribution < 1.29 is 52.3 Å². The Kier molecular flexibility index (Phi) is 6.62. The fourth-order valence-corrected chi connectivity index (χ4v) is 3.90. The lowest BCUT2D eigenvalue weighted by atomic mass is 10.2. The third kappa shape index (κ3) is 4.55. The van der Waals surface area contributed by atoms with Crippen LogP contribution >= 0.6 is 0 Å². The van der Waals surface area contributed by atoms with Gasteiger partial charge in [0, 0.05) is 6.42 Å². The summed E-state index contributed by atoms with van der Waals surface area (Å²) in [6.07, 6.45) is -2.77. The van der Waals surface area contributed by atoms with E-state index in [1.807, 2.05) is 0 Å². The Hall–Kier alpha value is -3.36. The quantitative estimate of drug-likeness (QED) is 0.223. The predicted octanol–water partition coefficient (Wildman–Crippen LogP) is -1.03. The van der Waals surface area contributed by atoms with Gasteiger partial charge in [-0.2, -0.15) is 0 Å². The predicted molar refractivity (Wildman–Crippen MR) is 96.0 cm³/mol. The van der Waals surface area contributed by atoms with Crippen molar-refractivity contribution in [1.29, 1.82) is 0 Å². The lowest BCUT2D eigenvalue weighted by Gasteiger charge is -2.18. The third-order valence-electron chi connectivity index (χ3n) is 4.10. The molecular formula is C17H18N2O11S. The van der Waals surface area contributed by atoms with E-state index in [0.29, 0.717) is 0 Å². The summed E-state index contributed by atoms with van der Waals surface area (Å²) < 4.78 is 44.8. The van der Waals surface area contributed by atoms with Crippen molar-refractivity contribution in [3.05, 3.63) is 47.1 Å². The van der Waals surface area contributed by atoms with Crippen molar-refractivity contribution in [3.63, 3.8) is 0 Å². The van der Waals surface area contributed by atoms with Crippen LogP contribution in [-0.4, -0.2) is 66.9 Å². The molecule has 0 saturated heterocycles. The van der Waals surface area contributed by atoms with Gasteiger partial charge < -0.3 is 34.7 Å². The molecule has 0 fully saturated rings. The van der Waals surface area contributed by atoms with Crippen LogP contribution in [0, 0.1) is 5.21 Å². The van der Waals surface area contributed by atoms with Crippen LogP contribution in [0.1, 0.15) is 6.42 Å². The van der Waals surface area contributed by atoms with Crippen LogP contribution < -0.4 is 9.64 Å². The van der Waals surface area contributed by atoms with Crippen LogP contribution in [0.15, 0.2) is 56.4 Å². The fraction of sp³-hybridized carbons (Fsp3) is 0.353. The van der Waals surface area contributed by atoms with Crippen molar-refractivity contribution in [2.24, 2.45) is 0 Å². The molecule has 2 unspecified atom stereocenters. The lowest BCUT2D eigenvalue weighted by Crippen LogP contribution is -2.32. The minimum absolute atomic E-state index is 0.0868. The fourth-order valence-electron chi connectivity index (χ4n) is 2.61. The number of carbonyl (C=O) groups is 1. The normalized spacial score (nSPS) is 17.5. The van der Waals surface area contributed by atoms with E-state index >= 15 is 0 Å². The zero-order chi connectivity index (χ0) is 22.6. The van der Waals surface area contributed by atoms with Gasteiger partial charge in [0.2, 0.25) is 5.76 Å². The highest BCUT2D eigenvalue weighted by molar-refractivity contribution is 7.91. The lowest BCUT2D eigenvalue weighted by molar-refractivity contribution is -0.832. The summed E-state index contributed by atoms with van der Waals surface area (Å²) in [6.45, 7) is -1.07. The summed E-state index contributed by atoms with van der Waals surface area (Å²) in [5.74, 6) is -2.84. The Balaban J connectivity index is 1.61. The molecule has 3 N–H and O–H groups in total. The molecule has 0 saturated carbocycles. The first-order valence-corrected chi connectivity index (χ1v) is 10.3. The number of sulfone groups is 1. The molecule has 1 aromatic carbocycles. The molecule has 168 valence electrons. The Morgan fingerprint density at radius 2 is 1.90 bits per heavy atom. The summed E-state index contributed by atoms with van der Waals surface area (Å²) in [7, 11) is -4.25. The van der Waals surface area contributed by atoms with Gasteiger partial charge in [0.25, 0.3) is 9.84 Å². The number of aliphatic hydroxyl groups excluding tert-OH is 3. The first-order chi connectivity index (χ1) is 14.8. The van der Waals surface area contributed by atoms with E-state index in [4.69, 9.17) is 19.3 Å². The second-order valence-corrected chi connectivity index (χ2v) is 8.06. The van der Waals surface area contributed by atoms with Crippen LogP contribution in [0.5, 0.6) is 5.88 Å². The molecule has 0 radical (unpaired) electrons. The molecule has 2 heterocycles. The standard InChI is InChI=1S/C17H18N2O11S/c20-9-11(21)13-14(12(22)17(23)29-13)27-7-4-8-28-15-16(19(24)30-18-15)31(25,26)10-5-2-1-3-6-10/h1-3,5-6,11,13,20-22H,4,7-9H2. The molecule has 14 heteroatoms. The van der Waals surface area contributed by atoms with Crippen molar-refractivity contribution in [3.8, 4) is 5.88 Å². The molecule has 3 rings (SSSR count). The van der Waals surface area contributed by atoms with Crippen LogP contribution in [-0.2, 0) is 24.1 Å². The van der Waals surface area contributed by atoms with Gasteiger partial charge in [0.15, 0.2) is 11.9 Å². The minimum Gasteiger partial charge on any atom is -0.499 e. The van der Waals surface area contributed by atoms with Gasteiger partial charge in [-0.25, -0.2) is 13.2 Å². The molecule has 1 aliphatic heterocycles. The second-order valence-electron chi connectivity index (χ2n) is 6.20. The van der Waals surface area contributed by atoms with E-state index in [9.17, 15) is 28.6 Å². The molecule has 2 aromatic rings. The highest BCUT2D eigenvalue weighted by Crippen LogP contribution is 2.26. The zero-order valence-corrected chi connectivity index (χ0v) is 16.6. The Morgan fingerprint density at radius 1 is 1.23 bits per heavy atom. The Morgan fingerprint density at radius 3 is 2.58 bits per heavy atom. The van der Waals surface area contributed by atoms with Crippen LogP contribution in [0.3, 0.4) is 0 Å². The second kappa shape index (κ2) is 9.20. The van der Waals surface area contributed by atoms with Gasteiger partial charge in [-0.05, 0) is 17.0 Å². The van der Waals surface area contributed by atoms with Gasteiger partial charge in [0.1, 0.15) is 6.10 Å². The van der Waals surface area contributed by atoms with E-state index in [-0.39, 0.29) is 35.2 Å². The first kappa shape index (κ1) is 22.3. The maximum Gasteiger partial charge on any atom is 0.414 e. The van der Waals surface area contributed by atoms with Gasteiger partial charge in [-0.1, -0.05) is 18.2 Å². The number of cyclic esters (lactones) is 1. The Labute approximate surface area is 175 Å². The number of rotatable bonds is 10. The number of hydrogen-bond donors (Lipinski definition) is 3. The van der Waals surface area contributed by atoms with Crippen molar-refractivity contribution >= 4 is 15.8 Å². The zero-order valence-electron chi connectivity index (χ0n) is 15.8. The van der Waals surface area contributed by atoms with E-state index < -0.39 is 51.3 Å². The summed E-state index contributed by atoms with van der Waals surface area (Å²) in [5, 5.41) is 42.6. The SMILES string of the molecule is O=C1OC(C(O)CO)C(OCCCOc2no[n+]([O-])c2S(=O)(=O)c2ccccc2)=C1O. The first-order valence-electron chi connectivity index (χ1n) is 8.86. The average Bonchev–Trinajstić information content (AvgIpc) is 3.28. The molecule has 0 bridgehead atoms. The number of carbonyl (C=O) groups excluding carboxylic acids is 1. The number of hydrogen-bond acceptors (Lipinski definition) is 12. The molecule has 1 aromatic heterocycles. The molecule has 0 spiro atoms. The average molecular weight is 458 g/mol. The Bertz CT molecular complexity index is 1070. The van der Waals surface area contributed by atoms with E-state index in [0.717, 1.165) is 0 Å². The highest BCUT2D eigenvalue weighted by atomic mass is 32.2. The molecule has 0 amide bonds. The maximum absolute atomic E-state index is 12.6. The van der Waals surface area contributed by atoms with E-state index in [1.54, 1.807) is 6.07 Å². The summed E-state index contributed by atoms with van der Waals surface area (Å²) >= 11 is 0. The maximum atomic E-state index is 12.6. The molecule has 13 nitrogen and oxygen atoms in total. The molecule has 1 aliphatic rings. The number of esters is 1. The summed E-state index contributed by atoms with van der Waals surface area (Å²) in [6, 6.07) is 7.16. The van der Waals surface area contributed by atoms with Gasteiger partial charge in [0.05, 0.1) is 29.9 Å². The van der Waals surface area contributed by atoms with Gasteiger partial charge in [-0.3, -0.25) is 4.63 Å². The number of aromatic nitrogens is 2. The van der Waals surface area contributed by atoms with Crippen LogP contribution in [0.4, 0.5) is 0 Å². The number of benzene rings is 1. The van der Waals surface area contributed by atoms with Crippen molar-refractivity contribution in [2.75, 3.05) is 19.8 Å². The molecular weight excluding hydrogens is 440 g/mol. The van der Waals surface area contributed by atoms with Crippen LogP contribution in [0.25, 0.3) is 0 Å². The van der Waals surface area contributed by atoms with Gasteiger partial charge in [-0.15, -0.1) is 0 Å². The topological polar surface area (TPSA) is 193 Å². The molecule has 0 aliphatic carbocycles. The highest BCUT2D eigenvalue weighted by Gasteiger charge is 2.40. The third-order valence-corrected chi connectivity index (χ3v) is 5.82. The number of nitrogens with zero attached hydrogens (tertiary/aromatic N) is 2. The minimum atomic E-state index is -4.25. The molecule has 31 heavy (non-hydrogen) atoms. The summed E-state index contributed by atoms with van der Waals surface area (Å²) in [5.41, 5.74) is 0. The smallest absolute Gasteiger partial charge is 0.414 e. The summed E-state index contributed by atoms with van der Waals surface area (Å²) in [4.78, 5) is 11.0. The van der Waals surface area contributed by atoms with Gasteiger partial charge >= 0.3 is 16.9 Å². The van der Waals surface area contributed by atoms with E-state index in [1.165, 1.54) is 24.3 Å². The van der Waals surface area contributed by atoms with Crippen molar-refractivity contribution in [1.82, 2.24) is 5.16 Å². The number of aliphatic hydroxyl groups is 3. The van der Waals surface area contributed by atoms with E-state index in [2.05, 4.69) is 9.79 Å². The van der Waals surface area contributed by atoms with Crippen molar-refractivity contribution in [2.45, 2.75) is 28.6 Å². The molecule has 2 atom stereocenters. The largest absolute Gasteiger partial charge is 0.499 e.